The first kappa shape index (κ1) is 11.8. The molecule has 4 nitrogen and oxygen atoms in total. The highest BCUT2D eigenvalue weighted by Gasteiger charge is 2.33. The summed E-state index contributed by atoms with van der Waals surface area (Å²) < 4.78 is 26.3. The predicted molar refractivity (Wildman–Crippen MR) is 73.0 cm³/mol. The van der Waals surface area contributed by atoms with Crippen molar-refractivity contribution >= 4 is 21.4 Å². The van der Waals surface area contributed by atoms with E-state index in [4.69, 9.17) is 5.73 Å². The molecular formula is C13H18N2O2S. The summed E-state index contributed by atoms with van der Waals surface area (Å²) >= 11 is 0. The number of nitrogen functional groups attached to an aromatic ring is 1. The third-order valence-electron chi connectivity index (χ3n) is 3.66. The van der Waals surface area contributed by atoms with Crippen molar-refractivity contribution < 1.29 is 8.42 Å². The molecule has 1 aromatic rings. The van der Waals surface area contributed by atoms with Gasteiger partial charge in [0.05, 0.1) is 11.4 Å². The number of rotatable bonds is 3. The van der Waals surface area contributed by atoms with Crippen LogP contribution in [0.1, 0.15) is 24.8 Å². The highest BCUT2D eigenvalue weighted by molar-refractivity contribution is 7.92. The normalized spacial score (nSPS) is 19.7. The van der Waals surface area contributed by atoms with Crippen LogP contribution in [-0.2, 0) is 16.4 Å². The lowest BCUT2D eigenvalue weighted by Gasteiger charge is -2.30. The second-order valence-corrected chi connectivity index (χ2v) is 7.22. The van der Waals surface area contributed by atoms with Gasteiger partial charge in [0.25, 0.3) is 0 Å². The molecule has 0 saturated heterocycles. The minimum Gasteiger partial charge on any atom is -0.399 e. The zero-order valence-electron chi connectivity index (χ0n) is 10.3. The summed E-state index contributed by atoms with van der Waals surface area (Å²) in [5, 5.41) is 0. The van der Waals surface area contributed by atoms with E-state index in [0.717, 1.165) is 36.9 Å². The number of benzene rings is 1. The molecule has 1 saturated carbocycles. The van der Waals surface area contributed by atoms with Crippen molar-refractivity contribution in [1.29, 1.82) is 0 Å². The van der Waals surface area contributed by atoms with Crippen molar-refractivity contribution in [1.82, 2.24) is 0 Å². The zero-order chi connectivity index (χ0) is 12.8. The van der Waals surface area contributed by atoms with E-state index in [9.17, 15) is 8.42 Å². The van der Waals surface area contributed by atoms with Crippen molar-refractivity contribution in [3.63, 3.8) is 0 Å². The van der Waals surface area contributed by atoms with Crippen LogP contribution >= 0.6 is 0 Å². The summed E-state index contributed by atoms with van der Waals surface area (Å²) in [5.41, 5.74) is 8.35. The van der Waals surface area contributed by atoms with Crippen LogP contribution < -0.4 is 10.0 Å². The van der Waals surface area contributed by atoms with Crippen molar-refractivity contribution in [3.05, 3.63) is 23.8 Å². The molecule has 0 radical (unpaired) electrons. The highest BCUT2D eigenvalue weighted by Crippen LogP contribution is 2.35. The van der Waals surface area contributed by atoms with Crippen molar-refractivity contribution in [2.45, 2.75) is 25.7 Å². The third-order valence-corrected chi connectivity index (χ3v) is 5.60. The second-order valence-electron chi connectivity index (χ2n) is 5.29. The molecule has 1 heterocycles. The fourth-order valence-corrected chi connectivity index (χ4v) is 4.54. The number of hydrogen-bond donors (Lipinski definition) is 1. The minimum atomic E-state index is -3.15. The Morgan fingerprint density at radius 1 is 1.33 bits per heavy atom. The van der Waals surface area contributed by atoms with Gasteiger partial charge in [-0.2, -0.15) is 0 Å². The Balaban J connectivity index is 1.95. The molecule has 18 heavy (non-hydrogen) atoms. The molecule has 3 rings (SSSR count). The lowest BCUT2D eigenvalue weighted by molar-refractivity contribution is 0.583. The number of aryl methyl sites for hydroxylation is 1. The largest absolute Gasteiger partial charge is 0.399 e. The van der Waals surface area contributed by atoms with Crippen LogP contribution in [0.15, 0.2) is 18.2 Å². The van der Waals surface area contributed by atoms with Gasteiger partial charge in [-0.05, 0) is 55.4 Å². The van der Waals surface area contributed by atoms with Crippen molar-refractivity contribution in [2.75, 3.05) is 22.3 Å². The predicted octanol–water partition coefficient (Wildman–Crippen LogP) is 1.76. The molecule has 1 fully saturated rings. The number of nitrogens with zero attached hydrogens (tertiary/aromatic N) is 1. The molecule has 2 aliphatic rings. The van der Waals surface area contributed by atoms with Crippen LogP contribution in [-0.4, -0.2) is 20.7 Å². The molecular weight excluding hydrogens is 248 g/mol. The highest BCUT2D eigenvalue weighted by atomic mass is 32.2. The van der Waals surface area contributed by atoms with Crippen LogP contribution in [0.3, 0.4) is 0 Å². The van der Waals surface area contributed by atoms with Gasteiger partial charge in [0.1, 0.15) is 0 Å². The van der Waals surface area contributed by atoms with E-state index in [1.807, 2.05) is 12.1 Å². The number of sulfonamides is 1. The first-order valence-electron chi connectivity index (χ1n) is 6.45. The maximum atomic E-state index is 12.4. The van der Waals surface area contributed by atoms with E-state index in [1.54, 1.807) is 10.4 Å². The lowest BCUT2D eigenvalue weighted by Crippen LogP contribution is -2.37. The molecule has 98 valence electrons. The van der Waals surface area contributed by atoms with Crippen molar-refractivity contribution in [3.8, 4) is 0 Å². The molecule has 1 aromatic carbocycles. The molecule has 5 heteroatoms. The van der Waals surface area contributed by atoms with E-state index >= 15 is 0 Å². The summed E-state index contributed by atoms with van der Waals surface area (Å²) in [6.45, 7) is 0.603. The lowest BCUT2D eigenvalue weighted by atomic mass is 10.0. The first-order chi connectivity index (χ1) is 8.56. The quantitative estimate of drug-likeness (QED) is 0.848. The fraction of sp³-hybridized carbons (Fsp3) is 0.538. The maximum Gasteiger partial charge on any atom is 0.235 e. The average Bonchev–Trinajstić information content (AvgIpc) is 3.11. The minimum absolute atomic E-state index is 0.302. The Labute approximate surface area is 108 Å². The van der Waals surface area contributed by atoms with Crippen LogP contribution in [0, 0.1) is 5.92 Å². The molecule has 0 aromatic heterocycles. The Hall–Kier alpha value is -1.23. The second kappa shape index (κ2) is 4.16. The number of hydrogen-bond acceptors (Lipinski definition) is 3. The fourth-order valence-electron chi connectivity index (χ4n) is 2.54. The van der Waals surface area contributed by atoms with Gasteiger partial charge < -0.3 is 5.73 Å². The summed E-state index contributed by atoms with van der Waals surface area (Å²) in [5.74, 6) is 0.686. The smallest absolute Gasteiger partial charge is 0.235 e. The molecule has 0 atom stereocenters. The number of anilines is 2. The maximum absolute atomic E-state index is 12.4. The summed E-state index contributed by atoms with van der Waals surface area (Å²) in [6, 6.07) is 5.52. The molecule has 1 aliphatic carbocycles. The molecule has 0 bridgehead atoms. The number of fused-ring (bicyclic) bond motifs is 1. The number of nitrogens with two attached hydrogens (primary N) is 1. The van der Waals surface area contributed by atoms with E-state index in [2.05, 4.69) is 0 Å². The first-order valence-corrected chi connectivity index (χ1v) is 8.06. The van der Waals surface area contributed by atoms with Gasteiger partial charge in [-0.25, -0.2) is 8.42 Å². The molecule has 2 N–H and O–H groups in total. The van der Waals surface area contributed by atoms with Gasteiger partial charge in [-0.1, -0.05) is 0 Å². The van der Waals surface area contributed by atoms with E-state index < -0.39 is 10.0 Å². The summed E-state index contributed by atoms with van der Waals surface area (Å²) in [6.07, 6.45) is 3.90. The van der Waals surface area contributed by atoms with Gasteiger partial charge >= 0.3 is 0 Å². The van der Waals surface area contributed by atoms with Gasteiger partial charge in [0.15, 0.2) is 0 Å². The summed E-state index contributed by atoms with van der Waals surface area (Å²) in [7, 11) is -3.15. The Morgan fingerprint density at radius 3 is 2.83 bits per heavy atom. The molecule has 0 unspecified atom stereocenters. The van der Waals surface area contributed by atoms with E-state index in [0.29, 0.717) is 23.9 Å². The van der Waals surface area contributed by atoms with Crippen LogP contribution in [0.25, 0.3) is 0 Å². The van der Waals surface area contributed by atoms with Gasteiger partial charge in [0.2, 0.25) is 10.0 Å². The Morgan fingerprint density at radius 2 is 2.11 bits per heavy atom. The van der Waals surface area contributed by atoms with Crippen LogP contribution in [0.4, 0.5) is 11.4 Å². The van der Waals surface area contributed by atoms with Gasteiger partial charge in [0, 0.05) is 12.2 Å². The van der Waals surface area contributed by atoms with Crippen LogP contribution in [0.5, 0.6) is 0 Å². The van der Waals surface area contributed by atoms with E-state index in [1.165, 1.54) is 0 Å². The average molecular weight is 266 g/mol. The Bertz CT molecular complexity index is 564. The zero-order valence-corrected chi connectivity index (χ0v) is 11.1. The molecule has 0 spiro atoms. The molecule has 0 amide bonds. The Kier molecular flexibility index (Phi) is 2.73. The van der Waals surface area contributed by atoms with Gasteiger partial charge in [-0.15, -0.1) is 0 Å². The van der Waals surface area contributed by atoms with E-state index in [-0.39, 0.29) is 0 Å². The monoisotopic (exact) mass is 266 g/mol. The SMILES string of the molecule is Nc1ccc2c(c1)CCCN2S(=O)(=O)CC1CC1. The van der Waals surface area contributed by atoms with Crippen LogP contribution in [0.2, 0.25) is 0 Å². The molecule has 1 aliphatic heterocycles. The van der Waals surface area contributed by atoms with Crippen molar-refractivity contribution in [2.24, 2.45) is 5.92 Å². The summed E-state index contributed by atoms with van der Waals surface area (Å²) in [4.78, 5) is 0. The third kappa shape index (κ3) is 2.19. The van der Waals surface area contributed by atoms with Gasteiger partial charge in [-0.3, -0.25) is 4.31 Å². The standard InChI is InChI=1S/C13H18N2O2S/c14-12-5-6-13-11(8-12)2-1-7-15(13)18(16,17)9-10-3-4-10/h5-6,8,10H,1-4,7,9,14H2. The topological polar surface area (TPSA) is 63.4 Å².